The molecule has 0 heterocycles. The van der Waals surface area contributed by atoms with E-state index in [1.165, 1.54) is 12.1 Å². The topological polar surface area (TPSA) is 237 Å². The number of nitro groups is 4. The summed E-state index contributed by atoms with van der Waals surface area (Å²) in [5, 5.41) is 64.7. The molecule has 15 nitrogen and oxygen atoms in total. The summed E-state index contributed by atoms with van der Waals surface area (Å²) in [4.78, 5) is 55.4. The molecular weight excluding hydrogens is 444 g/mol. The number of benzene rings is 1. The molecular formula is C18H8N6O9. The van der Waals surface area contributed by atoms with Gasteiger partial charge in [0.25, 0.3) is 17.1 Å². The third-order valence-corrected chi connectivity index (χ3v) is 5.13. The average molecular weight is 452 g/mol. The summed E-state index contributed by atoms with van der Waals surface area (Å²) >= 11 is 0. The van der Waals surface area contributed by atoms with Crippen LogP contribution in [0.5, 0.6) is 0 Å². The first-order valence-corrected chi connectivity index (χ1v) is 8.72. The van der Waals surface area contributed by atoms with Gasteiger partial charge in [0.2, 0.25) is 5.78 Å². The van der Waals surface area contributed by atoms with E-state index in [0.717, 1.165) is 6.07 Å². The molecule has 1 aromatic carbocycles. The number of ketones is 1. The van der Waals surface area contributed by atoms with Crippen LogP contribution in [0.2, 0.25) is 0 Å². The summed E-state index contributed by atoms with van der Waals surface area (Å²) in [6.07, 6.45) is -0.847. The Kier molecular flexibility index (Phi) is 5.25. The SMILES string of the molecule is C=C1C2=C(C([N+](=O)[O-])=C(CC(C#N)C#N)C([N+](=O)[O-])C2=O)c2c1cc([N+](=O)[O-])cc2[N+](=O)[O-]. The summed E-state index contributed by atoms with van der Waals surface area (Å²) in [5.74, 6) is -2.90. The standard InChI is InChI=1S/C18H8N6O9/c1-7-10-3-9(21(26)27)4-12(22(28)29)14(10)15-13(7)18(25)17(24(32)33)11(16(15)23(30)31)2-8(5-19)6-20/h3-4,8,17H,1-2H2. The van der Waals surface area contributed by atoms with E-state index in [0.29, 0.717) is 6.07 Å². The number of hydrogen-bond donors (Lipinski definition) is 0. The van der Waals surface area contributed by atoms with Crippen LogP contribution in [-0.4, -0.2) is 31.5 Å². The molecule has 1 atom stereocenters. The number of rotatable bonds is 6. The molecule has 1 unspecified atom stereocenters. The maximum atomic E-state index is 13.1. The molecule has 0 aromatic heterocycles. The molecule has 0 aliphatic heterocycles. The molecule has 0 fully saturated rings. The van der Waals surface area contributed by atoms with Gasteiger partial charge < -0.3 is 0 Å². The van der Waals surface area contributed by atoms with Gasteiger partial charge in [-0.05, 0) is 5.57 Å². The number of carbonyl (C=O) groups excluding carboxylic acids is 1. The van der Waals surface area contributed by atoms with Gasteiger partial charge in [-0.2, -0.15) is 10.5 Å². The van der Waals surface area contributed by atoms with Crippen molar-refractivity contribution in [3.63, 3.8) is 0 Å². The van der Waals surface area contributed by atoms with Gasteiger partial charge in [-0.3, -0.25) is 45.3 Å². The zero-order chi connectivity index (χ0) is 24.8. The minimum atomic E-state index is -2.35. The summed E-state index contributed by atoms with van der Waals surface area (Å²) in [6.45, 7) is 3.54. The molecule has 2 aliphatic carbocycles. The summed E-state index contributed by atoms with van der Waals surface area (Å²) in [7, 11) is 0. The fraction of sp³-hybridized carbons (Fsp3) is 0.167. The number of Topliss-reactive ketones (excluding diaryl/α,β-unsaturated/α-hetero) is 1. The Morgan fingerprint density at radius 3 is 2.03 bits per heavy atom. The average Bonchev–Trinajstić information content (AvgIpc) is 3.03. The lowest BCUT2D eigenvalue weighted by Gasteiger charge is -2.20. The van der Waals surface area contributed by atoms with E-state index in [2.05, 4.69) is 6.58 Å². The van der Waals surface area contributed by atoms with Crippen molar-refractivity contribution in [2.24, 2.45) is 5.92 Å². The number of nitro benzene ring substituents is 2. The van der Waals surface area contributed by atoms with Crippen molar-refractivity contribution >= 4 is 28.3 Å². The van der Waals surface area contributed by atoms with Crippen LogP contribution in [0.1, 0.15) is 17.5 Å². The highest BCUT2D eigenvalue weighted by Gasteiger charge is 2.54. The van der Waals surface area contributed by atoms with Crippen molar-refractivity contribution in [3.05, 3.63) is 87.1 Å². The fourth-order valence-corrected chi connectivity index (χ4v) is 3.85. The summed E-state index contributed by atoms with van der Waals surface area (Å²) < 4.78 is 0. The van der Waals surface area contributed by atoms with Crippen molar-refractivity contribution in [1.29, 1.82) is 10.5 Å². The first-order chi connectivity index (χ1) is 15.5. The number of fused-ring (bicyclic) bond motifs is 2. The Hall–Kier alpha value is -5.31. The van der Waals surface area contributed by atoms with Gasteiger partial charge in [0.15, 0.2) is 0 Å². The third-order valence-electron chi connectivity index (χ3n) is 5.13. The van der Waals surface area contributed by atoms with Crippen molar-refractivity contribution in [2.45, 2.75) is 12.5 Å². The van der Waals surface area contributed by atoms with Gasteiger partial charge >= 0.3 is 6.04 Å². The predicted molar refractivity (Wildman–Crippen MR) is 105 cm³/mol. The Labute approximate surface area is 181 Å². The van der Waals surface area contributed by atoms with Gasteiger partial charge in [0, 0.05) is 28.5 Å². The van der Waals surface area contributed by atoms with E-state index in [1.807, 2.05) is 0 Å². The lowest BCUT2D eigenvalue weighted by molar-refractivity contribution is -0.500. The number of non-ortho nitro benzene ring substituents is 1. The molecule has 0 radical (unpaired) electrons. The fourth-order valence-electron chi connectivity index (χ4n) is 3.85. The van der Waals surface area contributed by atoms with Crippen LogP contribution in [0, 0.1) is 69.0 Å². The number of hydrogen-bond acceptors (Lipinski definition) is 11. The lowest BCUT2D eigenvalue weighted by atomic mass is 9.81. The molecule has 0 saturated carbocycles. The molecule has 1 aromatic rings. The van der Waals surface area contributed by atoms with Gasteiger partial charge in [-0.1, -0.05) is 6.58 Å². The molecule has 2 aliphatic rings. The molecule has 0 amide bonds. The van der Waals surface area contributed by atoms with E-state index in [-0.39, 0.29) is 11.1 Å². The van der Waals surface area contributed by atoms with E-state index in [9.17, 15) is 45.3 Å². The smallest absolute Gasteiger partial charge is 0.286 e. The van der Waals surface area contributed by atoms with Crippen LogP contribution in [0.25, 0.3) is 11.1 Å². The molecule has 3 rings (SSSR count). The van der Waals surface area contributed by atoms with E-state index in [1.54, 1.807) is 0 Å². The first-order valence-electron chi connectivity index (χ1n) is 8.72. The quantitative estimate of drug-likeness (QED) is 0.447. The monoisotopic (exact) mass is 452 g/mol. The van der Waals surface area contributed by atoms with Gasteiger partial charge in [0.1, 0.15) is 5.92 Å². The van der Waals surface area contributed by atoms with Crippen LogP contribution in [-0.2, 0) is 4.79 Å². The van der Waals surface area contributed by atoms with Gasteiger partial charge in [-0.25, -0.2) is 0 Å². The third kappa shape index (κ3) is 3.26. The number of carbonyl (C=O) groups is 1. The highest BCUT2D eigenvalue weighted by Crippen LogP contribution is 2.53. The number of allylic oxidation sites excluding steroid dienone is 2. The van der Waals surface area contributed by atoms with Crippen molar-refractivity contribution in [1.82, 2.24) is 0 Å². The molecule has 15 heteroatoms. The highest BCUT2D eigenvalue weighted by atomic mass is 16.6. The van der Waals surface area contributed by atoms with Crippen LogP contribution in [0.15, 0.2) is 35.6 Å². The molecule has 0 saturated heterocycles. The maximum absolute atomic E-state index is 13.1. The van der Waals surface area contributed by atoms with Crippen LogP contribution < -0.4 is 0 Å². The maximum Gasteiger partial charge on any atom is 0.302 e. The van der Waals surface area contributed by atoms with Gasteiger partial charge in [0.05, 0.1) is 49.7 Å². The Morgan fingerprint density at radius 1 is 0.970 bits per heavy atom. The molecule has 0 N–H and O–H groups in total. The van der Waals surface area contributed by atoms with Crippen LogP contribution in [0.4, 0.5) is 11.4 Å². The number of nitrogens with zero attached hydrogens (tertiary/aromatic N) is 6. The summed E-state index contributed by atoms with van der Waals surface area (Å²) in [6, 6.07) is 2.01. The zero-order valence-electron chi connectivity index (χ0n) is 16.1. The normalized spacial score (nSPS) is 16.8. The van der Waals surface area contributed by atoms with Crippen molar-refractivity contribution in [2.75, 3.05) is 0 Å². The molecule has 164 valence electrons. The second kappa shape index (κ2) is 7.75. The van der Waals surface area contributed by atoms with Crippen LogP contribution >= 0.6 is 0 Å². The molecule has 0 bridgehead atoms. The van der Waals surface area contributed by atoms with Crippen molar-refractivity contribution < 1.29 is 24.5 Å². The minimum Gasteiger partial charge on any atom is -0.286 e. The second-order valence-electron chi connectivity index (χ2n) is 6.83. The lowest BCUT2D eigenvalue weighted by Crippen LogP contribution is -2.38. The highest BCUT2D eigenvalue weighted by molar-refractivity contribution is 6.26. The van der Waals surface area contributed by atoms with E-state index < -0.39 is 83.2 Å². The Balaban J connectivity index is 2.49. The van der Waals surface area contributed by atoms with Gasteiger partial charge in [-0.15, -0.1) is 0 Å². The van der Waals surface area contributed by atoms with Crippen molar-refractivity contribution in [3.8, 4) is 12.1 Å². The first kappa shape index (κ1) is 22.4. The number of nitriles is 2. The Morgan fingerprint density at radius 2 is 1.58 bits per heavy atom. The summed E-state index contributed by atoms with van der Waals surface area (Å²) in [5.41, 5.74) is -6.13. The van der Waals surface area contributed by atoms with Crippen LogP contribution in [0.3, 0.4) is 0 Å². The van der Waals surface area contributed by atoms with E-state index >= 15 is 0 Å². The van der Waals surface area contributed by atoms with E-state index in [4.69, 9.17) is 10.5 Å². The molecule has 0 spiro atoms. The second-order valence-corrected chi connectivity index (χ2v) is 6.83. The Bertz CT molecular complexity index is 1360. The minimum absolute atomic E-state index is 0.339. The zero-order valence-corrected chi connectivity index (χ0v) is 16.1. The largest absolute Gasteiger partial charge is 0.302 e. The predicted octanol–water partition coefficient (Wildman–Crippen LogP) is 2.10. The molecule has 33 heavy (non-hydrogen) atoms.